The van der Waals surface area contributed by atoms with Crippen LogP contribution in [0.15, 0.2) is 18.2 Å². The molecule has 0 spiro atoms. The third kappa shape index (κ3) is 4.16. The van der Waals surface area contributed by atoms with E-state index in [-0.39, 0.29) is 5.82 Å². The molecule has 0 bridgehead atoms. The first kappa shape index (κ1) is 13.7. The third-order valence-electron chi connectivity index (χ3n) is 2.66. The first-order chi connectivity index (χ1) is 8.21. The van der Waals surface area contributed by atoms with Gasteiger partial charge in [0, 0.05) is 12.1 Å². The molecule has 0 aromatic heterocycles. The number of halogens is 1. The monoisotopic (exact) mass is 234 g/mol. The lowest BCUT2D eigenvalue weighted by atomic mass is 10.1. The summed E-state index contributed by atoms with van der Waals surface area (Å²) in [4.78, 5) is 2.24. The molecule has 1 aromatic rings. The Kier molecular flexibility index (Phi) is 5.65. The normalized spacial score (nSPS) is 10.5. The SMILES string of the molecule is CCCN(CCC)Cc1ccc(C#N)cc1F. The van der Waals surface area contributed by atoms with E-state index in [1.165, 1.54) is 6.07 Å². The highest BCUT2D eigenvalue weighted by Gasteiger charge is 2.08. The van der Waals surface area contributed by atoms with E-state index in [9.17, 15) is 4.39 Å². The minimum atomic E-state index is -0.277. The number of nitriles is 1. The molecule has 0 N–H and O–H groups in total. The van der Waals surface area contributed by atoms with Crippen LogP contribution in [0.5, 0.6) is 0 Å². The van der Waals surface area contributed by atoms with Crippen LogP contribution in [-0.2, 0) is 6.54 Å². The number of hydrogen-bond acceptors (Lipinski definition) is 2. The van der Waals surface area contributed by atoms with Crippen molar-refractivity contribution in [3.05, 3.63) is 35.1 Å². The second-order valence-corrected chi connectivity index (χ2v) is 4.19. The Bertz CT molecular complexity index is 390. The Labute approximate surface area is 103 Å². The molecule has 1 aromatic carbocycles. The number of nitrogens with zero attached hydrogens (tertiary/aromatic N) is 2. The third-order valence-corrected chi connectivity index (χ3v) is 2.66. The van der Waals surface area contributed by atoms with Crippen molar-refractivity contribution in [2.45, 2.75) is 33.2 Å². The molecule has 0 heterocycles. The summed E-state index contributed by atoms with van der Waals surface area (Å²) in [6, 6.07) is 6.65. The van der Waals surface area contributed by atoms with Crippen molar-refractivity contribution in [3.63, 3.8) is 0 Å². The Morgan fingerprint density at radius 2 is 1.88 bits per heavy atom. The molecule has 0 atom stereocenters. The zero-order chi connectivity index (χ0) is 12.7. The Hall–Kier alpha value is -1.40. The van der Waals surface area contributed by atoms with Crippen LogP contribution in [-0.4, -0.2) is 18.0 Å². The summed E-state index contributed by atoms with van der Waals surface area (Å²) < 4.78 is 13.7. The highest BCUT2D eigenvalue weighted by Crippen LogP contribution is 2.13. The van der Waals surface area contributed by atoms with Gasteiger partial charge in [-0.05, 0) is 38.1 Å². The van der Waals surface area contributed by atoms with E-state index in [4.69, 9.17) is 5.26 Å². The topological polar surface area (TPSA) is 27.0 Å². The van der Waals surface area contributed by atoms with Gasteiger partial charge >= 0.3 is 0 Å². The van der Waals surface area contributed by atoms with Crippen molar-refractivity contribution >= 4 is 0 Å². The van der Waals surface area contributed by atoms with Crippen molar-refractivity contribution in [3.8, 4) is 6.07 Å². The second-order valence-electron chi connectivity index (χ2n) is 4.19. The van der Waals surface area contributed by atoms with E-state index in [0.717, 1.165) is 25.9 Å². The van der Waals surface area contributed by atoms with Gasteiger partial charge in [0.15, 0.2) is 0 Å². The molecule has 0 aliphatic heterocycles. The molecular weight excluding hydrogens is 215 g/mol. The molecule has 0 fully saturated rings. The fourth-order valence-electron chi connectivity index (χ4n) is 1.89. The largest absolute Gasteiger partial charge is 0.299 e. The van der Waals surface area contributed by atoms with Gasteiger partial charge in [-0.15, -0.1) is 0 Å². The van der Waals surface area contributed by atoms with Gasteiger partial charge in [-0.2, -0.15) is 5.26 Å². The molecule has 0 unspecified atom stereocenters. The molecule has 1 rings (SSSR count). The fourth-order valence-corrected chi connectivity index (χ4v) is 1.89. The minimum Gasteiger partial charge on any atom is -0.299 e. The smallest absolute Gasteiger partial charge is 0.129 e. The maximum atomic E-state index is 13.7. The maximum Gasteiger partial charge on any atom is 0.129 e. The standard InChI is InChI=1S/C14H19FN2/c1-3-7-17(8-4-2)11-13-6-5-12(10-16)9-14(13)15/h5-6,9H,3-4,7-8,11H2,1-2H3. The van der Waals surface area contributed by atoms with E-state index < -0.39 is 0 Å². The predicted octanol–water partition coefficient (Wildman–Crippen LogP) is 3.32. The van der Waals surface area contributed by atoms with E-state index in [0.29, 0.717) is 17.7 Å². The second kappa shape index (κ2) is 7.03. The Balaban J connectivity index is 2.75. The summed E-state index contributed by atoms with van der Waals surface area (Å²) in [5.74, 6) is -0.277. The molecule has 92 valence electrons. The van der Waals surface area contributed by atoms with Crippen molar-refractivity contribution in [1.82, 2.24) is 4.90 Å². The first-order valence-corrected chi connectivity index (χ1v) is 6.12. The van der Waals surface area contributed by atoms with Crippen LogP contribution in [0.4, 0.5) is 4.39 Å². The molecule has 0 aliphatic carbocycles. The number of benzene rings is 1. The molecule has 0 saturated heterocycles. The maximum absolute atomic E-state index is 13.7. The van der Waals surface area contributed by atoms with Crippen LogP contribution in [0.3, 0.4) is 0 Å². The quantitative estimate of drug-likeness (QED) is 0.755. The molecular formula is C14H19FN2. The highest BCUT2D eigenvalue weighted by atomic mass is 19.1. The molecule has 17 heavy (non-hydrogen) atoms. The predicted molar refractivity (Wildman–Crippen MR) is 67.0 cm³/mol. The van der Waals surface area contributed by atoms with Crippen LogP contribution in [0.1, 0.15) is 37.8 Å². The summed E-state index contributed by atoms with van der Waals surface area (Å²) >= 11 is 0. The first-order valence-electron chi connectivity index (χ1n) is 6.12. The van der Waals surface area contributed by atoms with Crippen LogP contribution >= 0.6 is 0 Å². The van der Waals surface area contributed by atoms with Crippen molar-refractivity contribution in [1.29, 1.82) is 5.26 Å². The molecule has 0 radical (unpaired) electrons. The zero-order valence-electron chi connectivity index (χ0n) is 10.5. The van der Waals surface area contributed by atoms with Gasteiger partial charge in [0.2, 0.25) is 0 Å². The lowest BCUT2D eigenvalue weighted by molar-refractivity contribution is 0.263. The van der Waals surface area contributed by atoms with Crippen LogP contribution in [0.2, 0.25) is 0 Å². The van der Waals surface area contributed by atoms with Crippen LogP contribution in [0.25, 0.3) is 0 Å². The molecule has 3 heteroatoms. The van der Waals surface area contributed by atoms with Crippen LogP contribution < -0.4 is 0 Å². The van der Waals surface area contributed by atoms with Crippen LogP contribution in [0, 0.1) is 17.1 Å². The van der Waals surface area contributed by atoms with Gasteiger partial charge in [-0.3, -0.25) is 4.90 Å². The summed E-state index contributed by atoms with van der Waals surface area (Å²) in [5.41, 5.74) is 1.05. The number of rotatable bonds is 6. The van der Waals surface area contributed by atoms with Gasteiger partial charge in [0.05, 0.1) is 11.6 Å². The van der Waals surface area contributed by atoms with Gasteiger partial charge in [0.1, 0.15) is 5.82 Å². The summed E-state index contributed by atoms with van der Waals surface area (Å²) in [5, 5.41) is 8.68. The van der Waals surface area contributed by atoms with E-state index in [1.807, 2.05) is 6.07 Å². The van der Waals surface area contributed by atoms with Gasteiger partial charge in [-0.25, -0.2) is 4.39 Å². The van der Waals surface area contributed by atoms with Crippen molar-refractivity contribution < 1.29 is 4.39 Å². The average molecular weight is 234 g/mol. The Morgan fingerprint density at radius 1 is 1.24 bits per heavy atom. The summed E-state index contributed by atoms with van der Waals surface area (Å²) in [6.45, 7) is 6.83. The van der Waals surface area contributed by atoms with Gasteiger partial charge < -0.3 is 0 Å². The summed E-state index contributed by atoms with van der Waals surface area (Å²) in [7, 11) is 0. The molecule has 0 amide bonds. The van der Waals surface area contributed by atoms with Gasteiger partial charge in [-0.1, -0.05) is 19.9 Å². The van der Waals surface area contributed by atoms with Crippen molar-refractivity contribution in [2.24, 2.45) is 0 Å². The molecule has 0 saturated carbocycles. The highest BCUT2D eigenvalue weighted by molar-refractivity contribution is 5.32. The average Bonchev–Trinajstić information content (AvgIpc) is 2.32. The molecule has 0 aliphatic rings. The summed E-state index contributed by atoms with van der Waals surface area (Å²) in [6.07, 6.45) is 2.13. The van der Waals surface area contributed by atoms with Crippen molar-refractivity contribution in [2.75, 3.05) is 13.1 Å². The lowest BCUT2D eigenvalue weighted by Gasteiger charge is -2.21. The lowest BCUT2D eigenvalue weighted by Crippen LogP contribution is -2.25. The van der Waals surface area contributed by atoms with E-state index >= 15 is 0 Å². The van der Waals surface area contributed by atoms with E-state index in [1.54, 1.807) is 12.1 Å². The van der Waals surface area contributed by atoms with E-state index in [2.05, 4.69) is 18.7 Å². The number of hydrogen-bond donors (Lipinski definition) is 0. The fraction of sp³-hybridized carbons (Fsp3) is 0.500. The minimum absolute atomic E-state index is 0.277. The Morgan fingerprint density at radius 3 is 2.35 bits per heavy atom. The zero-order valence-corrected chi connectivity index (χ0v) is 10.5. The molecule has 2 nitrogen and oxygen atoms in total. The van der Waals surface area contributed by atoms with Gasteiger partial charge in [0.25, 0.3) is 0 Å².